The quantitative estimate of drug-likeness (QED) is 0.481. The molecule has 0 fully saturated rings. The van der Waals surface area contributed by atoms with Crippen molar-refractivity contribution in [3.63, 3.8) is 0 Å². The summed E-state index contributed by atoms with van der Waals surface area (Å²) in [6.07, 6.45) is 1.40. The largest absolute Gasteiger partial charge is 0.497 e. The van der Waals surface area contributed by atoms with Crippen LogP contribution in [-0.4, -0.2) is 39.0 Å². The molecule has 0 unspecified atom stereocenters. The average molecular weight is 372 g/mol. The molecular formula is C18H20N4O5. The summed E-state index contributed by atoms with van der Waals surface area (Å²) in [6.45, 7) is -0.195. The van der Waals surface area contributed by atoms with Crippen molar-refractivity contribution in [3.05, 3.63) is 48.0 Å². The van der Waals surface area contributed by atoms with Crippen LogP contribution in [0.25, 0.3) is 0 Å². The maximum Gasteiger partial charge on any atom is 0.332 e. The average Bonchev–Trinajstić information content (AvgIpc) is 2.67. The number of nitrogens with zero attached hydrogens (tertiary/aromatic N) is 1. The number of primary amides is 1. The Labute approximate surface area is 156 Å². The molecule has 0 atom stereocenters. The molecule has 0 bridgehead atoms. The number of nitrogens with one attached hydrogen (secondary N) is 2. The minimum Gasteiger partial charge on any atom is -0.497 e. The smallest absolute Gasteiger partial charge is 0.332 e. The first kappa shape index (κ1) is 19.6. The van der Waals surface area contributed by atoms with E-state index in [0.717, 1.165) is 0 Å². The summed E-state index contributed by atoms with van der Waals surface area (Å²) in [7, 11) is 3.04. The monoisotopic (exact) mass is 372 g/mol. The van der Waals surface area contributed by atoms with Gasteiger partial charge in [-0.2, -0.15) is 5.10 Å². The van der Waals surface area contributed by atoms with Gasteiger partial charge in [0.1, 0.15) is 5.75 Å². The van der Waals surface area contributed by atoms with Crippen molar-refractivity contribution in [2.75, 3.05) is 26.1 Å². The Kier molecular flexibility index (Phi) is 7.00. The lowest BCUT2D eigenvalue weighted by Gasteiger charge is -2.11. The molecule has 142 valence electrons. The highest BCUT2D eigenvalue weighted by atomic mass is 16.5. The molecule has 3 amide bonds. The molecule has 4 N–H and O–H groups in total. The number of hydrogen-bond donors (Lipinski definition) is 3. The minimum absolute atomic E-state index is 0.195. The van der Waals surface area contributed by atoms with Crippen LogP contribution in [0.3, 0.4) is 0 Å². The number of ether oxygens (including phenoxy) is 3. The van der Waals surface area contributed by atoms with Gasteiger partial charge in [-0.15, -0.1) is 0 Å². The summed E-state index contributed by atoms with van der Waals surface area (Å²) in [5.74, 6) is 1.18. The number of rotatable bonds is 8. The SMILES string of the molecule is COc1ccc(NC(=O)COc2ccc(C=NNC(N)=O)cc2OC)cc1. The molecule has 2 rings (SSSR count). The number of methoxy groups -OCH3 is 2. The van der Waals surface area contributed by atoms with Crippen molar-refractivity contribution < 1.29 is 23.8 Å². The van der Waals surface area contributed by atoms with E-state index in [2.05, 4.69) is 15.8 Å². The zero-order valence-corrected chi connectivity index (χ0v) is 14.9. The molecule has 2 aromatic carbocycles. The number of urea groups is 1. The maximum absolute atomic E-state index is 12.0. The van der Waals surface area contributed by atoms with E-state index in [0.29, 0.717) is 28.5 Å². The highest BCUT2D eigenvalue weighted by Crippen LogP contribution is 2.27. The van der Waals surface area contributed by atoms with Crippen LogP contribution in [0, 0.1) is 0 Å². The molecule has 0 spiro atoms. The molecule has 2 aromatic rings. The molecule has 0 radical (unpaired) electrons. The Balaban J connectivity index is 1.94. The van der Waals surface area contributed by atoms with Gasteiger partial charge in [-0.3, -0.25) is 4.79 Å². The minimum atomic E-state index is -0.763. The second kappa shape index (κ2) is 9.66. The van der Waals surface area contributed by atoms with Crippen LogP contribution in [0.5, 0.6) is 17.2 Å². The van der Waals surface area contributed by atoms with Crippen LogP contribution in [0.2, 0.25) is 0 Å². The number of anilines is 1. The van der Waals surface area contributed by atoms with Gasteiger partial charge in [-0.1, -0.05) is 0 Å². The molecule has 0 heterocycles. The van der Waals surface area contributed by atoms with Gasteiger partial charge < -0.3 is 25.3 Å². The Morgan fingerprint density at radius 1 is 1.07 bits per heavy atom. The zero-order valence-electron chi connectivity index (χ0n) is 14.9. The van der Waals surface area contributed by atoms with Gasteiger partial charge in [-0.05, 0) is 48.0 Å². The van der Waals surface area contributed by atoms with Gasteiger partial charge in [0, 0.05) is 5.69 Å². The Bertz CT molecular complexity index is 821. The van der Waals surface area contributed by atoms with Crippen LogP contribution >= 0.6 is 0 Å². The molecule has 9 heteroatoms. The lowest BCUT2D eigenvalue weighted by molar-refractivity contribution is -0.118. The fourth-order valence-electron chi connectivity index (χ4n) is 2.07. The summed E-state index contributed by atoms with van der Waals surface area (Å²) in [6, 6.07) is 11.1. The highest BCUT2D eigenvalue weighted by Gasteiger charge is 2.09. The van der Waals surface area contributed by atoms with E-state index in [4.69, 9.17) is 19.9 Å². The highest BCUT2D eigenvalue weighted by molar-refractivity contribution is 5.92. The number of nitrogens with two attached hydrogens (primary N) is 1. The van der Waals surface area contributed by atoms with E-state index in [1.54, 1.807) is 49.6 Å². The summed E-state index contributed by atoms with van der Waals surface area (Å²) in [4.78, 5) is 22.6. The van der Waals surface area contributed by atoms with E-state index in [9.17, 15) is 9.59 Å². The third kappa shape index (κ3) is 6.24. The Morgan fingerprint density at radius 3 is 2.44 bits per heavy atom. The third-order valence-corrected chi connectivity index (χ3v) is 3.31. The van der Waals surface area contributed by atoms with E-state index in [-0.39, 0.29) is 12.5 Å². The van der Waals surface area contributed by atoms with Gasteiger partial charge in [0.25, 0.3) is 5.91 Å². The maximum atomic E-state index is 12.0. The lowest BCUT2D eigenvalue weighted by Crippen LogP contribution is -2.24. The van der Waals surface area contributed by atoms with E-state index in [1.807, 2.05) is 0 Å². The first-order valence-electron chi connectivity index (χ1n) is 7.85. The van der Waals surface area contributed by atoms with Crippen LogP contribution < -0.4 is 30.7 Å². The summed E-state index contributed by atoms with van der Waals surface area (Å²) < 4.78 is 15.8. The van der Waals surface area contributed by atoms with Crippen LogP contribution in [0.15, 0.2) is 47.6 Å². The number of benzene rings is 2. The van der Waals surface area contributed by atoms with Crippen molar-refractivity contribution >= 4 is 23.8 Å². The Morgan fingerprint density at radius 2 is 1.81 bits per heavy atom. The third-order valence-electron chi connectivity index (χ3n) is 3.31. The van der Waals surface area contributed by atoms with Gasteiger partial charge >= 0.3 is 6.03 Å². The van der Waals surface area contributed by atoms with Crippen LogP contribution in [-0.2, 0) is 4.79 Å². The van der Waals surface area contributed by atoms with Crippen molar-refractivity contribution in [1.29, 1.82) is 0 Å². The van der Waals surface area contributed by atoms with Crippen molar-refractivity contribution in [1.82, 2.24) is 5.43 Å². The number of carbonyl (C=O) groups is 2. The molecular weight excluding hydrogens is 352 g/mol. The molecule has 0 aliphatic heterocycles. The van der Waals surface area contributed by atoms with E-state index < -0.39 is 6.03 Å². The number of amides is 3. The first-order chi connectivity index (χ1) is 13.0. The number of carbonyl (C=O) groups excluding carboxylic acids is 2. The zero-order chi connectivity index (χ0) is 19.6. The summed E-state index contributed by atoms with van der Waals surface area (Å²) in [5, 5.41) is 6.38. The summed E-state index contributed by atoms with van der Waals surface area (Å²) in [5.41, 5.74) is 8.29. The fraction of sp³-hybridized carbons (Fsp3) is 0.167. The summed E-state index contributed by atoms with van der Waals surface area (Å²) >= 11 is 0. The Hall–Kier alpha value is -3.75. The molecule has 27 heavy (non-hydrogen) atoms. The second-order valence-corrected chi connectivity index (χ2v) is 5.21. The molecule has 0 aromatic heterocycles. The van der Waals surface area contributed by atoms with Gasteiger partial charge in [0.15, 0.2) is 18.1 Å². The predicted octanol–water partition coefficient (Wildman–Crippen LogP) is 1.72. The topological polar surface area (TPSA) is 124 Å². The predicted molar refractivity (Wildman–Crippen MR) is 100 cm³/mol. The number of hydrogen-bond acceptors (Lipinski definition) is 6. The molecule has 9 nitrogen and oxygen atoms in total. The lowest BCUT2D eigenvalue weighted by atomic mass is 10.2. The molecule has 0 aliphatic carbocycles. The van der Waals surface area contributed by atoms with Gasteiger partial charge in [-0.25, -0.2) is 10.2 Å². The normalized spacial score (nSPS) is 10.3. The molecule has 0 saturated carbocycles. The first-order valence-corrected chi connectivity index (χ1v) is 7.85. The second-order valence-electron chi connectivity index (χ2n) is 5.21. The fourth-order valence-corrected chi connectivity index (χ4v) is 2.07. The van der Waals surface area contributed by atoms with E-state index >= 15 is 0 Å². The van der Waals surface area contributed by atoms with Crippen molar-refractivity contribution in [2.24, 2.45) is 10.8 Å². The van der Waals surface area contributed by atoms with Crippen molar-refractivity contribution in [2.45, 2.75) is 0 Å². The van der Waals surface area contributed by atoms with E-state index in [1.165, 1.54) is 13.3 Å². The molecule has 0 saturated heterocycles. The van der Waals surface area contributed by atoms with Gasteiger partial charge in [0.05, 0.1) is 20.4 Å². The van der Waals surface area contributed by atoms with Crippen LogP contribution in [0.4, 0.5) is 10.5 Å². The van der Waals surface area contributed by atoms with Gasteiger partial charge in [0.2, 0.25) is 0 Å². The number of hydrazone groups is 1. The molecule has 0 aliphatic rings. The van der Waals surface area contributed by atoms with Crippen LogP contribution in [0.1, 0.15) is 5.56 Å². The standard InChI is InChI=1S/C18H20N4O5/c1-25-14-6-4-13(5-7-14)21-17(23)11-27-15-8-3-12(9-16(15)26-2)10-20-22-18(19)24/h3-10H,11H2,1-2H3,(H,21,23)(H3,19,22,24). The van der Waals surface area contributed by atoms with Crippen molar-refractivity contribution in [3.8, 4) is 17.2 Å².